The molecule has 0 aliphatic carbocycles. The monoisotopic (exact) mass is 536 g/mol. The summed E-state index contributed by atoms with van der Waals surface area (Å²) in [6.07, 6.45) is -1.80. The molecular weight excluding hydrogens is 512 g/mol. The molecule has 0 spiro atoms. The van der Waals surface area contributed by atoms with Crippen molar-refractivity contribution >= 4 is 27.6 Å². The van der Waals surface area contributed by atoms with E-state index in [9.17, 15) is 13.5 Å². The van der Waals surface area contributed by atoms with Crippen LogP contribution in [0, 0.1) is 13.8 Å². The first kappa shape index (κ1) is 25.2. The van der Waals surface area contributed by atoms with E-state index in [2.05, 4.69) is 20.0 Å². The number of nitrogens with one attached hydrogen (secondary N) is 2. The summed E-state index contributed by atoms with van der Waals surface area (Å²) < 4.78 is 35.3. The number of aliphatic hydroxyl groups excluding tert-OH is 1. The van der Waals surface area contributed by atoms with Crippen molar-refractivity contribution in [3.63, 3.8) is 0 Å². The number of anilines is 1. The molecule has 0 saturated heterocycles. The van der Waals surface area contributed by atoms with Gasteiger partial charge >= 0.3 is 0 Å². The van der Waals surface area contributed by atoms with E-state index in [0.717, 1.165) is 16.7 Å². The summed E-state index contributed by atoms with van der Waals surface area (Å²) in [7, 11) is -4.06. The highest BCUT2D eigenvalue weighted by atomic mass is 35.5. The summed E-state index contributed by atoms with van der Waals surface area (Å²) in [6.45, 7) is 4.08. The number of sulfonamides is 1. The topological polar surface area (TPSA) is 113 Å². The minimum Gasteiger partial charge on any atom is -0.468 e. The number of aryl methyl sites for hydroxylation is 2. The van der Waals surface area contributed by atoms with E-state index in [0.29, 0.717) is 21.8 Å². The highest BCUT2D eigenvalue weighted by Gasteiger charge is 2.24. The number of aliphatic hydroxyl groups is 1. The maximum atomic E-state index is 13.2. The minimum absolute atomic E-state index is 0.0312. The van der Waals surface area contributed by atoms with E-state index >= 15 is 0 Å². The van der Waals surface area contributed by atoms with E-state index in [-0.39, 0.29) is 23.3 Å². The Morgan fingerprint density at radius 1 is 0.973 bits per heavy atom. The van der Waals surface area contributed by atoms with Gasteiger partial charge in [-0.3, -0.25) is 5.32 Å². The normalized spacial score (nSPS) is 18.9. The van der Waals surface area contributed by atoms with Crippen LogP contribution in [0.5, 0.6) is 5.88 Å². The van der Waals surface area contributed by atoms with E-state index in [1.807, 2.05) is 50.2 Å². The van der Waals surface area contributed by atoms with Crippen LogP contribution in [-0.2, 0) is 10.0 Å². The van der Waals surface area contributed by atoms with Gasteiger partial charge in [0.1, 0.15) is 12.3 Å². The lowest BCUT2D eigenvalue weighted by molar-refractivity contribution is 0.109. The number of nitrogens with zero attached hydrogens (tertiary/aromatic N) is 2. The Hall–Kier alpha value is -3.50. The molecule has 3 aromatic carbocycles. The zero-order chi connectivity index (χ0) is 26.2. The van der Waals surface area contributed by atoms with Crippen molar-refractivity contribution in [3.05, 3.63) is 100 Å². The van der Waals surface area contributed by atoms with Crippen molar-refractivity contribution in [2.75, 3.05) is 11.3 Å². The third-order valence-corrected chi connectivity index (χ3v) is 7.83. The fourth-order valence-electron chi connectivity index (χ4n) is 4.34. The number of hydrogen-bond acceptors (Lipinski definition) is 7. The Bertz CT molecular complexity index is 1560. The van der Waals surface area contributed by atoms with Gasteiger partial charge in [0, 0.05) is 28.8 Å². The molecular formula is C27H25ClN4O4S. The lowest BCUT2D eigenvalue weighted by Crippen LogP contribution is -2.29. The molecule has 190 valence electrons. The predicted octanol–water partition coefficient (Wildman–Crippen LogP) is 4.93. The van der Waals surface area contributed by atoms with Crippen molar-refractivity contribution in [1.29, 1.82) is 0 Å². The van der Waals surface area contributed by atoms with Crippen LogP contribution in [-0.4, -0.2) is 30.0 Å². The predicted molar refractivity (Wildman–Crippen MR) is 142 cm³/mol. The summed E-state index contributed by atoms with van der Waals surface area (Å²) in [5, 5.41) is 14.3. The Morgan fingerprint density at radius 2 is 1.70 bits per heavy atom. The van der Waals surface area contributed by atoms with Gasteiger partial charge in [-0.15, -0.1) is 0 Å². The van der Waals surface area contributed by atoms with Crippen LogP contribution in [0.25, 0.3) is 11.3 Å². The highest BCUT2D eigenvalue weighted by molar-refractivity contribution is 7.92. The van der Waals surface area contributed by atoms with Gasteiger partial charge in [0.2, 0.25) is 11.8 Å². The number of fused-ring (bicyclic) bond motifs is 4. The summed E-state index contributed by atoms with van der Waals surface area (Å²) in [6, 6.07) is 20.8. The third kappa shape index (κ3) is 5.30. The maximum Gasteiger partial charge on any atom is 0.264 e. The Kier molecular flexibility index (Phi) is 6.87. The van der Waals surface area contributed by atoms with Gasteiger partial charge in [0.05, 0.1) is 10.6 Å². The second kappa shape index (κ2) is 10.1. The van der Waals surface area contributed by atoms with Crippen molar-refractivity contribution in [1.82, 2.24) is 15.3 Å². The van der Waals surface area contributed by atoms with Crippen LogP contribution in [0.2, 0.25) is 5.02 Å². The molecule has 0 fully saturated rings. The molecule has 0 saturated carbocycles. The summed E-state index contributed by atoms with van der Waals surface area (Å²) in [5.74, 6) is 0.0174. The molecule has 8 nitrogen and oxygen atoms in total. The minimum atomic E-state index is -4.06. The molecule has 10 heteroatoms. The number of benzene rings is 3. The zero-order valence-corrected chi connectivity index (χ0v) is 21.7. The molecule has 0 radical (unpaired) electrons. The second-order valence-electron chi connectivity index (χ2n) is 8.80. The molecule has 4 bridgehead atoms. The number of ether oxygens (including phenoxy) is 1. The molecule has 5 rings (SSSR count). The first-order chi connectivity index (χ1) is 17.7. The van der Waals surface area contributed by atoms with Gasteiger partial charge in [-0.25, -0.2) is 18.1 Å². The number of halogens is 1. The fourth-order valence-corrected chi connectivity index (χ4v) is 5.60. The number of rotatable bonds is 2. The van der Waals surface area contributed by atoms with Gasteiger partial charge in [-0.1, -0.05) is 60.1 Å². The van der Waals surface area contributed by atoms with Gasteiger partial charge in [0.15, 0.2) is 0 Å². The largest absolute Gasteiger partial charge is 0.468 e. The lowest BCUT2D eigenvalue weighted by atomic mass is 10.00. The SMILES string of the molecule is Cc1cccc(C)c1-c1cc2nc(n1)NS(=O)(=O)c1cccc(c1)C(O)NCC(c1ccccc1Cl)O2. The molecule has 1 aromatic heterocycles. The number of hydrogen-bond donors (Lipinski definition) is 3. The summed E-state index contributed by atoms with van der Waals surface area (Å²) in [4.78, 5) is 8.89. The first-order valence-corrected chi connectivity index (χ1v) is 13.5. The van der Waals surface area contributed by atoms with Crippen molar-refractivity contribution < 1.29 is 18.3 Å². The van der Waals surface area contributed by atoms with Crippen molar-refractivity contribution in [3.8, 4) is 17.1 Å². The molecule has 4 aromatic rings. The second-order valence-corrected chi connectivity index (χ2v) is 10.9. The molecule has 1 aliphatic heterocycles. The molecule has 37 heavy (non-hydrogen) atoms. The van der Waals surface area contributed by atoms with Crippen LogP contribution >= 0.6 is 11.6 Å². The number of aromatic nitrogens is 2. The maximum absolute atomic E-state index is 13.2. The van der Waals surface area contributed by atoms with E-state index in [1.165, 1.54) is 12.1 Å². The highest BCUT2D eigenvalue weighted by Crippen LogP contribution is 2.33. The molecule has 2 heterocycles. The molecule has 3 N–H and O–H groups in total. The van der Waals surface area contributed by atoms with Crippen LogP contribution in [0.1, 0.15) is 34.6 Å². The first-order valence-electron chi connectivity index (χ1n) is 11.6. The van der Waals surface area contributed by atoms with E-state index in [1.54, 1.807) is 24.3 Å². The Morgan fingerprint density at radius 3 is 2.46 bits per heavy atom. The molecule has 2 unspecified atom stereocenters. The van der Waals surface area contributed by atoms with Gasteiger partial charge in [0.25, 0.3) is 10.0 Å². The lowest BCUT2D eigenvalue weighted by Gasteiger charge is -2.23. The third-order valence-electron chi connectivity index (χ3n) is 6.16. The fraction of sp³-hybridized carbons (Fsp3) is 0.185. The van der Waals surface area contributed by atoms with Crippen molar-refractivity contribution in [2.24, 2.45) is 0 Å². The summed E-state index contributed by atoms with van der Waals surface area (Å²) >= 11 is 6.50. The van der Waals surface area contributed by atoms with E-state index < -0.39 is 22.4 Å². The molecule has 2 atom stereocenters. The van der Waals surface area contributed by atoms with Gasteiger partial charge in [-0.05, 0) is 48.7 Å². The Labute approximate surface area is 220 Å². The van der Waals surface area contributed by atoms with Crippen LogP contribution < -0.4 is 14.8 Å². The average Bonchev–Trinajstić information content (AvgIpc) is 2.86. The molecule has 1 aliphatic rings. The standard InChI is InChI=1S/C27H25ClN4O4S/c1-16-7-5-8-17(2)25(16)22-14-24-31-27(30-22)32-37(34,35)19-10-6-9-18(13-19)26(33)29-15-23(36-24)20-11-3-4-12-21(20)28/h3-14,23,26,29,33H,15H2,1-2H3,(H,30,31,32). The molecule has 0 amide bonds. The van der Waals surface area contributed by atoms with Crippen LogP contribution in [0.15, 0.2) is 77.7 Å². The van der Waals surface area contributed by atoms with Crippen LogP contribution in [0.4, 0.5) is 5.95 Å². The van der Waals surface area contributed by atoms with Crippen molar-refractivity contribution in [2.45, 2.75) is 31.1 Å². The average molecular weight is 537 g/mol. The zero-order valence-electron chi connectivity index (χ0n) is 20.1. The summed E-state index contributed by atoms with van der Waals surface area (Å²) in [5.41, 5.74) is 4.36. The quantitative estimate of drug-likeness (QED) is 0.333. The van der Waals surface area contributed by atoms with Crippen LogP contribution in [0.3, 0.4) is 0 Å². The van der Waals surface area contributed by atoms with Gasteiger partial charge in [-0.2, -0.15) is 4.98 Å². The smallest absolute Gasteiger partial charge is 0.264 e. The van der Waals surface area contributed by atoms with Gasteiger partial charge < -0.3 is 9.84 Å². The Balaban J connectivity index is 1.70. The van der Waals surface area contributed by atoms with E-state index in [4.69, 9.17) is 16.3 Å².